The maximum absolute atomic E-state index is 14.1. The van der Waals surface area contributed by atoms with Gasteiger partial charge in [0.2, 0.25) is 35.4 Å². The van der Waals surface area contributed by atoms with Crippen molar-refractivity contribution in [3.8, 4) is 0 Å². The van der Waals surface area contributed by atoms with E-state index in [0.29, 0.717) is 31.4 Å². The van der Waals surface area contributed by atoms with E-state index < -0.39 is 60.0 Å². The number of nitrogens with zero attached hydrogens (tertiary/aromatic N) is 1. The predicted molar refractivity (Wildman–Crippen MR) is 196 cm³/mol. The van der Waals surface area contributed by atoms with Crippen molar-refractivity contribution in [2.24, 2.45) is 29.6 Å². The van der Waals surface area contributed by atoms with Crippen LogP contribution in [0.4, 0.5) is 0 Å². The Morgan fingerprint density at radius 2 is 1.44 bits per heavy atom. The van der Waals surface area contributed by atoms with Gasteiger partial charge in [-0.05, 0) is 69.8 Å². The Hall–Kier alpha value is -5.21. The molecule has 2 aliphatic carbocycles. The van der Waals surface area contributed by atoms with E-state index in [1.165, 1.54) is 11.8 Å². The van der Waals surface area contributed by atoms with Gasteiger partial charge in [0, 0.05) is 38.3 Å². The Balaban J connectivity index is 1.35. The largest absolute Gasteiger partial charge is 0.374 e. The third-order valence-electron chi connectivity index (χ3n) is 10.8. The number of likely N-dealkylation sites (tertiary alicyclic amines) is 1. The first-order valence-corrected chi connectivity index (χ1v) is 18.9. The van der Waals surface area contributed by atoms with Crippen LogP contribution in [0.15, 0.2) is 42.5 Å². The number of amidine groups is 1. The fourth-order valence-corrected chi connectivity index (χ4v) is 8.11. The second-order valence-corrected chi connectivity index (χ2v) is 14.9. The van der Waals surface area contributed by atoms with E-state index in [2.05, 4.69) is 26.6 Å². The summed E-state index contributed by atoms with van der Waals surface area (Å²) in [6.07, 6.45) is 5.90. The first-order chi connectivity index (χ1) is 25.8. The lowest BCUT2D eigenvalue weighted by molar-refractivity contribution is -0.141. The summed E-state index contributed by atoms with van der Waals surface area (Å²) in [7, 11) is 0. The molecular formula is C39H51N7O8. The second-order valence-electron chi connectivity index (χ2n) is 14.9. The van der Waals surface area contributed by atoms with Gasteiger partial charge in [0.1, 0.15) is 17.9 Å². The van der Waals surface area contributed by atoms with Crippen LogP contribution in [0, 0.1) is 35.0 Å². The van der Waals surface area contributed by atoms with Crippen molar-refractivity contribution in [1.82, 2.24) is 31.5 Å². The van der Waals surface area contributed by atoms with Crippen LogP contribution in [-0.2, 0) is 44.8 Å². The number of carbonyl (C=O) groups excluding carboxylic acids is 8. The molecule has 54 heavy (non-hydrogen) atoms. The Bertz CT molecular complexity index is 1650. The van der Waals surface area contributed by atoms with Gasteiger partial charge in [-0.3, -0.25) is 48.7 Å². The first-order valence-electron chi connectivity index (χ1n) is 18.9. The number of nitrogens with one attached hydrogen (secondary N) is 6. The molecule has 2 bridgehead atoms. The Morgan fingerprint density at radius 1 is 0.796 bits per heavy atom. The molecule has 0 spiro atoms. The van der Waals surface area contributed by atoms with E-state index in [0.717, 1.165) is 6.42 Å². The fourth-order valence-electron chi connectivity index (χ4n) is 8.11. The van der Waals surface area contributed by atoms with Crippen LogP contribution in [0.25, 0.3) is 0 Å². The number of unbranched alkanes of at least 4 members (excludes halogenated alkanes) is 1. The second kappa shape index (κ2) is 18.2. The van der Waals surface area contributed by atoms with Crippen molar-refractivity contribution >= 4 is 52.8 Å². The molecule has 15 nitrogen and oxygen atoms in total. The van der Waals surface area contributed by atoms with Crippen LogP contribution in [0.2, 0.25) is 0 Å². The molecule has 1 aromatic carbocycles. The van der Waals surface area contributed by atoms with Crippen molar-refractivity contribution in [1.29, 1.82) is 5.41 Å². The third kappa shape index (κ3) is 10.1. The molecule has 0 aromatic heterocycles. The SMILES string of the molecule is CC(=N)NCCC[C@@H]1CC(=O)[C@H](CCCCN2C(=O)C3[C@@H](C2=O)[C@@H]2C=C[C@H]3C2)NC(=O)[C@@H](Cc2ccccc2)NC(=O)C(CC(C)=O)NC(=O)CNC1=O. The molecule has 2 aliphatic heterocycles. The lowest BCUT2D eigenvalue weighted by Crippen LogP contribution is -2.57. The molecule has 2 saturated heterocycles. The van der Waals surface area contributed by atoms with E-state index >= 15 is 0 Å². The van der Waals surface area contributed by atoms with Crippen LogP contribution in [0.5, 0.6) is 0 Å². The highest BCUT2D eigenvalue weighted by Gasteiger charge is 2.59. The van der Waals surface area contributed by atoms with Gasteiger partial charge in [-0.25, -0.2) is 0 Å². The van der Waals surface area contributed by atoms with E-state index in [1.54, 1.807) is 37.3 Å². The predicted octanol–water partition coefficient (Wildman–Crippen LogP) is 0.712. The summed E-state index contributed by atoms with van der Waals surface area (Å²) >= 11 is 0. The number of hydrogen-bond donors (Lipinski definition) is 6. The zero-order valence-electron chi connectivity index (χ0n) is 30.9. The molecule has 3 fully saturated rings. The maximum Gasteiger partial charge on any atom is 0.243 e. The number of benzene rings is 1. The molecule has 15 heteroatoms. The monoisotopic (exact) mass is 745 g/mol. The lowest BCUT2D eigenvalue weighted by Gasteiger charge is -2.26. The van der Waals surface area contributed by atoms with Crippen molar-refractivity contribution in [3.05, 3.63) is 48.0 Å². The van der Waals surface area contributed by atoms with Gasteiger partial charge in [0.25, 0.3) is 0 Å². The van der Waals surface area contributed by atoms with Gasteiger partial charge in [0.05, 0.1) is 30.3 Å². The van der Waals surface area contributed by atoms with Gasteiger partial charge in [-0.15, -0.1) is 0 Å². The number of fused-ring (bicyclic) bond motifs is 5. The summed E-state index contributed by atoms with van der Waals surface area (Å²) in [5, 5.41) is 21.0. The number of imide groups is 1. The topological polar surface area (TPSA) is 224 Å². The molecule has 1 saturated carbocycles. The zero-order chi connectivity index (χ0) is 38.9. The maximum atomic E-state index is 14.1. The minimum atomic E-state index is -1.33. The average Bonchev–Trinajstić information content (AvgIpc) is 3.82. The molecule has 2 unspecified atom stereocenters. The van der Waals surface area contributed by atoms with Gasteiger partial charge < -0.3 is 26.6 Å². The standard InChI is InChI=1S/C39H51N7O8/c1-22(47)17-29-36(51)45-30(18-24-9-4-3-5-10-24)37(52)44-28(12-6-7-16-46-38(53)33-25-13-14-26(19-25)34(33)39(46)54)31(48)20-27(11-8-15-41-23(2)40)35(50)42-21-32(49)43-29/h3-5,9-10,13-14,25-30,33-34H,6-8,11-12,15-21H2,1-2H3,(H2,40,41)(H,42,50)(H,43,49)(H,44,52)(H,45,51)/t25-,26+,27-,28+,29?,30-,33+,34?/m1/s1. The number of Topliss-reactive ketones (excluding diaryl/α,β-unsaturated/α-hetero) is 2. The molecular weight excluding hydrogens is 694 g/mol. The minimum Gasteiger partial charge on any atom is -0.374 e. The summed E-state index contributed by atoms with van der Waals surface area (Å²) in [6.45, 7) is 2.91. The number of allylic oxidation sites excluding steroid dienone is 2. The zero-order valence-corrected chi connectivity index (χ0v) is 30.9. The number of carbonyl (C=O) groups is 8. The minimum absolute atomic E-state index is 0.0422. The van der Waals surface area contributed by atoms with Crippen LogP contribution in [0.3, 0.4) is 0 Å². The molecule has 1 aromatic rings. The highest BCUT2D eigenvalue weighted by atomic mass is 16.2. The number of ketones is 2. The number of amides is 6. The molecule has 4 aliphatic rings. The molecule has 6 N–H and O–H groups in total. The molecule has 6 amide bonds. The van der Waals surface area contributed by atoms with Crippen LogP contribution < -0.4 is 26.6 Å². The van der Waals surface area contributed by atoms with E-state index in [1.807, 2.05) is 12.2 Å². The van der Waals surface area contributed by atoms with Crippen LogP contribution in [-0.4, -0.2) is 95.5 Å². The lowest BCUT2D eigenvalue weighted by atomic mass is 9.85. The summed E-state index contributed by atoms with van der Waals surface area (Å²) in [5.41, 5.74) is 0.711. The van der Waals surface area contributed by atoms with Gasteiger partial charge >= 0.3 is 0 Å². The third-order valence-corrected chi connectivity index (χ3v) is 10.8. The van der Waals surface area contributed by atoms with Crippen LogP contribution >= 0.6 is 0 Å². The average molecular weight is 746 g/mol. The Labute approximate surface area is 314 Å². The summed E-state index contributed by atoms with van der Waals surface area (Å²) in [5.74, 6) is -4.93. The summed E-state index contributed by atoms with van der Waals surface area (Å²) < 4.78 is 0. The quantitative estimate of drug-likeness (QED) is 0.0549. The molecule has 2 heterocycles. The van der Waals surface area contributed by atoms with Crippen molar-refractivity contribution in [3.63, 3.8) is 0 Å². The van der Waals surface area contributed by atoms with Gasteiger partial charge in [-0.2, -0.15) is 0 Å². The molecule has 8 atom stereocenters. The highest BCUT2D eigenvalue weighted by Crippen LogP contribution is 2.52. The normalized spacial score (nSPS) is 28.8. The Kier molecular flexibility index (Phi) is 13.5. The molecule has 5 rings (SSSR count). The first kappa shape index (κ1) is 40.0. The van der Waals surface area contributed by atoms with Crippen LogP contribution in [0.1, 0.15) is 70.8 Å². The van der Waals surface area contributed by atoms with E-state index in [-0.39, 0.29) is 85.8 Å². The fraction of sp³-hybridized carbons (Fsp3) is 0.564. The van der Waals surface area contributed by atoms with Gasteiger partial charge in [-0.1, -0.05) is 42.5 Å². The molecule has 290 valence electrons. The molecule has 0 radical (unpaired) electrons. The highest BCUT2D eigenvalue weighted by molar-refractivity contribution is 6.06. The van der Waals surface area contributed by atoms with E-state index in [9.17, 15) is 38.4 Å². The van der Waals surface area contributed by atoms with E-state index in [4.69, 9.17) is 5.41 Å². The number of rotatable bonds is 13. The van der Waals surface area contributed by atoms with Gasteiger partial charge in [0.15, 0.2) is 5.78 Å². The van der Waals surface area contributed by atoms with Crippen molar-refractivity contribution in [2.45, 2.75) is 89.8 Å². The van der Waals surface area contributed by atoms with Crippen molar-refractivity contribution < 1.29 is 38.4 Å². The smallest absolute Gasteiger partial charge is 0.243 e. The van der Waals surface area contributed by atoms with Crippen molar-refractivity contribution in [2.75, 3.05) is 19.6 Å². The Morgan fingerprint density at radius 3 is 2.09 bits per heavy atom. The summed E-state index contributed by atoms with van der Waals surface area (Å²) in [4.78, 5) is 108. The summed E-state index contributed by atoms with van der Waals surface area (Å²) in [6, 6.07) is 5.32. The number of hydrogen-bond acceptors (Lipinski definition) is 9.